The summed E-state index contributed by atoms with van der Waals surface area (Å²) in [5, 5.41) is 12.4. The first-order valence-electron chi connectivity index (χ1n) is 6.91. The highest BCUT2D eigenvalue weighted by Gasteiger charge is 2.19. The van der Waals surface area contributed by atoms with E-state index >= 15 is 0 Å². The van der Waals surface area contributed by atoms with Gasteiger partial charge >= 0.3 is 0 Å². The van der Waals surface area contributed by atoms with Crippen LogP contribution in [0.4, 0.5) is 0 Å². The number of aliphatic hydroxyl groups excluding tert-OH is 1. The smallest absolute Gasteiger partial charge is 0.252 e. The van der Waals surface area contributed by atoms with Gasteiger partial charge in [0.2, 0.25) is 0 Å². The Morgan fingerprint density at radius 3 is 3.20 bits per heavy atom. The van der Waals surface area contributed by atoms with E-state index in [2.05, 4.69) is 15.2 Å². The second-order valence-electron chi connectivity index (χ2n) is 5.10. The molecule has 0 spiro atoms. The third-order valence-corrected chi connectivity index (χ3v) is 3.89. The molecule has 1 fully saturated rings. The summed E-state index contributed by atoms with van der Waals surface area (Å²) < 4.78 is 0. The van der Waals surface area contributed by atoms with Gasteiger partial charge in [-0.25, -0.2) is 0 Å². The van der Waals surface area contributed by atoms with Gasteiger partial charge in [0.05, 0.1) is 10.6 Å². The van der Waals surface area contributed by atoms with Gasteiger partial charge in [0.15, 0.2) is 0 Å². The maximum Gasteiger partial charge on any atom is 0.252 e. The van der Waals surface area contributed by atoms with E-state index in [1.54, 1.807) is 12.3 Å². The molecule has 1 aromatic rings. The molecule has 1 saturated heterocycles. The molecule has 0 radical (unpaired) electrons. The number of likely N-dealkylation sites (tertiary alicyclic amines) is 1. The number of carbonyl (C=O) groups excluding carboxylic acids is 1. The van der Waals surface area contributed by atoms with E-state index in [1.807, 2.05) is 0 Å². The van der Waals surface area contributed by atoms with Crippen LogP contribution in [0.1, 0.15) is 23.2 Å². The molecule has 0 saturated carbocycles. The zero-order chi connectivity index (χ0) is 14.4. The molecule has 0 bridgehead atoms. The largest absolute Gasteiger partial charge is 0.396 e. The fourth-order valence-electron chi connectivity index (χ4n) is 2.49. The van der Waals surface area contributed by atoms with Crippen molar-refractivity contribution >= 4 is 17.5 Å². The third kappa shape index (κ3) is 4.16. The van der Waals surface area contributed by atoms with Crippen LogP contribution in [0.15, 0.2) is 18.5 Å². The van der Waals surface area contributed by atoms with Crippen molar-refractivity contribution < 1.29 is 9.90 Å². The standard InChI is InChI=1S/C14H20ClN3O2/c15-13-8-16-4-3-12(13)14(20)17-5-7-18-6-1-2-11(9-18)10-19/h3-4,8,11,19H,1-2,5-7,9-10H2,(H,17,20)/t11-/m1/s1. The van der Waals surface area contributed by atoms with Crippen LogP contribution in [0, 0.1) is 5.92 Å². The van der Waals surface area contributed by atoms with Gasteiger partial charge in [0, 0.05) is 38.6 Å². The van der Waals surface area contributed by atoms with Crippen molar-refractivity contribution in [1.82, 2.24) is 15.2 Å². The number of pyridine rings is 1. The SMILES string of the molecule is O=C(NCCN1CCC[C@@H](CO)C1)c1ccncc1Cl. The van der Waals surface area contributed by atoms with Gasteiger partial charge in [0.25, 0.3) is 5.91 Å². The van der Waals surface area contributed by atoms with E-state index in [0.717, 1.165) is 32.5 Å². The molecule has 1 aliphatic rings. The molecule has 110 valence electrons. The van der Waals surface area contributed by atoms with E-state index in [1.165, 1.54) is 6.20 Å². The summed E-state index contributed by atoms with van der Waals surface area (Å²) in [6.45, 7) is 3.56. The Labute approximate surface area is 123 Å². The monoisotopic (exact) mass is 297 g/mol. The highest BCUT2D eigenvalue weighted by Crippen LogP contribution is 2.15. The van der Waals surface area contributed by atoms with E-state index in [-0.39, 0.29) is 12.5 Å². The molecule has 5 nitrogen and oxygen atoms in total. The first-order chi connectivity index (χ1) is 9.70. The van der Waals surface area contributed by atoms with Crippen LogP contribution in [-0.4, -0.2) is 53.7 Å². The molecule has 1 aliphatic heterocycles. The minimum atomic E-state index is -0.173. The Balaban J connectivity index is 1.76. The van der Waals surface area contributed by atoms with Crippen molar-refractivity contribution in [2.45, 2.75) is 12.8 Å². The van der Waals surface area contributed by atoms with Gasteiger partial charge in [-0.15, -0.1) is 0 Å². The number of carbonyl (C=O) groups is 1. The first kappa shape index (κ1) is 15.2. The third-order valence-electron chi connectivity index (χ3n) is 3.59. The summed E-state index contributed by atoms with van der Waals surface area (Å²) >= 11 is 5.92. The van der Waals surface area contributed by atoms with Gasteiger partial charge in [-0.1, -0.05) is 11.6 Å². The predicted molar refractivity (Wildman–Crippen MR) is 77.8 cm³/mol. The summed E-state index contributed by atoms with van der Waals surface area (Å²) in [7, 11) is 0. The van der Waals surface area contributed by atoms with Gasteiger partial charge in [0.1, 0.15) is 0 Å². The fraction of sp³-hybridized carbons (Fsp3) is 0.571. The normalized spacial score (nSPS) is 19.8. The average molecular weight is 298 g/mol. The quantitative estimate of drug-likeness (QED) is 0.856. The zero-order valence-corrected chi connectivity index (χ0v) is 12.1. The van der Waals surface area contributed by atoms with Crippen LogP contribution < -0.4 is 5.32 Å². The van der Waals surface area contributed by atoms with Gasteiger partial charge < -0.3 is 15.3 Å². The van der Waals surface area contributed by atoms with Crippen molar-refractivity contribution in [3.05, 3.63) is 29.0 Å². The van der Waals surface area contributed by atoms with Crippen LogP contribution in [0.3, 0.4) is 0 Å². The highest BCUT2D eigenvalue weighted by molar-refractivity contribution is 6.33. The van der Waals surface area contributed by atoms with E-state index in [4.69, 9.17) is 11.6 Å². The molecular weight excluding hydrogens is 278 g/mol. The summed E-state index contributed by atoms with van der Waals surface area (Å²) in [5.41, 5.74) is 0.452. The molecule has 2 heterocycles. The number of aliphatic hydroxyl groups is 1. The Kier molecular flexibility index (Phi) is 5.76. The lowest BCUT2D eigenvalue weighted by molar-refractivity contribution is 0.0930. The number of amides is 1. The Morgan fingerprint density at radius 1 is 1.60 bits per heavy atom. The second-order valence-corrected chi connectivity index (χ2v) is 5.51. The molecule has 2 N–H and O–H groups in total. The lowest BCUT2D eigenvalue weighted by Crippen LogP contribution is -2.41. The van der Waals surface area contributed by atoms with Crippen LogP contribution in [0.5, 0.6) is 0 Å². The fourth-order valence-corrected chi connectivity index (χ4v) is 2.69. The number of rotatable bonds is 5. The Morgan fingerprint density at radius 2 is 2.45 bits per heavy atom. The summed E-state index contributed by atoms with van der Waals surface area (Å²) in [4.78, 5) is 18.1. The summed E-state index contributed by atoms with van der Waals surface area (Å²) in [6, 6.07) is 1.61. The van der Waals surface area contributed by atoms with Gasteiger partial charge in [-0.05, 0) is 31.4 Å². The second kappa shape index (κ2) is 7.57. The lowest BCUT2D eigenvalue weighted by Gasteiger charge is -2.31. The summed E-state index contributed by atoms with van der Waals surface area (Å²) in [6.07, 6.45) is 5.21. The minimum Gasteiger partial charge on any atom is -0.396 e. The van der Waals surface area contributed by atoms with Crippen LogP contribution in [-0.2, 0) is 0 Å². The molecule has 0 unspecified atom stereocenters. The number of nitrogens with one attached hydrogen (secondary N) is 1. The van der Waals surface area contributed by atoms with E-state index in [0.29, 0.717) is 23.0 Å². The van der Waals surface area contributed by atoms with Gasteiger partial charge in [-0.3, -0.25) is 9.78 Å². The van der Waals surface area contributed by atoms with Crippen LogP contribution >= 0.6 is 11.6 Å². The van der Waals surface area contributed by atoms with Crippen molar-refractivity contribution in [2.24, 2.45) is 5.92 Å². The zero-order valence-electron chi connectivity index (χ0n) is 11.4. The maximum absolute atomic E-state index is 11.9. The number of aromatic nitrogens is 1. The number of hydrogen-bond acceptors (Lipinski definition) is 4. The van der Waals surface area contributed by atoms with Crippen molar-refractivity contribution in [3.8, 4) is 0 Å². The Hall–Kier alpha value is -1.17. The molecule has 0 aromatic carbocycles. The van der Waals surface area contributed by atoms with Crippen LogP contribution in [0.25, 0.3) is 0 Å². The van der Waals surface area contributed by atoms with Crippen molar-refractivity contribution in [3.63, 3.8) is 0 Å². The topological polar surface area (TPSA) is 65.5 Å². The molecule has 1 aromatic heterocycles. The number of piperidine rings is 1. The highest BCUT2D eigenvalue weighted by atomic mass is 35.5. The molecule has 1 amide bonds. The lowest BCUT2D eigenvalue weighted by atomic mass is 9.99. The van der Waals surface area contributed by atoms with Gasteiger partial charge in [-0.2, -0.15) is 0 Å². The molecule has 20 heavy (non-hydrogen) atoms. The average Bonchev–Trinajstić information content (AvgIpc) is 2.48. The first-order valence-corrected chi connectivity index (χ1v) is 7.29. The van der Waals surface area contributed by atoms with E-state index in [9.17, 15) is 9.90 Å². The maximum atomic E-state index is 11.9. The molecule has 6 heteroatoms. The Bertz CT molecular complexity index is 456. The van der Waals surface area contributed by atoms with Crippen LogP contribution in [0.2, 0.25) is 5.02 Å². The van der Waals surface area contributed by atoms with E-state index < -0.39 is 0 Å². The van der Waals surface area contributed by atoms with Crippen molar-refractivity contribution in [1.29, 1.82) is 0 Å². The molecule has 0 aliphatic carbocycles. The predicted octanol–water partition coefficient (Wildman–Crippen LogP) is 1.17. The number of halogens is 1. The molecule has 1 atom stereocenters. The number of nitrogens with zero attached hydrogens (tertiary/aromatic N) is 2. The molecular formula is C14H20ClN3O2. The minimum absolute atomic E-state index is 0.173. The number of hydrogen-bond donors (Lipinski definition) is 2. The van der Waals surface area contributed by atoms with Crippen molar-refractivity contribution in [2.75, 3.05) is 32.8 Å². The molecule has 2 rings (SSSR count). The summed E-state index contributed by atoms with van der Waals surface area (Å²) in [5.74, 6) is 0.196.